The molecule has 16 heavy (non-hydrogen) atoms. The third-order valence-corrected chi connectivity index (χ3v) is 3.71. The van der Waals surface area contributed by atoms with E-state index in [4.69, 9.17) is 4.74 Å². The molecule has 1 unspecified atom stereocenters. The van der Waals surface area contributed by atoms with Crippen molar-refractivity contribution in [2.45, 2.75) is 45.4 Å². The van der Waals surface area contributed by atoms with Crippen LogP contribution >= 0.6 is 0 Å². The van der Waals surface area contributed by atoms with Crippen molar-refractivity contribution < 1.29 is 14.3 Å². The first-order valence-corrected chi connectivity index (χ1v) is 6.10. The highest BCUT2D eigenvalue weighted by atomic mass is 16.5. The van der Waals surface area contributed by atoms with E-state index in [-0.39, 0.29) is 11.8 Å². The van der Waals surface area contributed by atoms with Crippen LogP contribution in [0.15, 0.2) is 11.6 Å². The number of hydrogen-bond acceptors (Lipinski definition) is 3. The van der Waals surface area contributed by atoms with Crippen LogP contribution in [-0.4, -0.2) is 18.4 Å². The van der Waals surface area contributed by atoms with Crippen LogP contribution in [0.4, 0.5) is 0 Å². The fourth-order valence-corrected chi connectivity index (χ4v) is 2.85. The Morgan fingerprint density at radius 1 is 1.38 bits per heavy atom. The maximum Gasteiger partial charge on any atom is 0.316 e. The molecule has 88 valence electrons. The highest BCUT2D eigenvalue weighted by molar-refractivity contribution is 5.95. The summed E-state index contributed by atoms with van der Waals surface area (Å²) in [5, 5.41) is 0. The Kier molecular flexibility index (Phi) is 3.13. The Morgan fingerprint density at radius 2 is 2.19 bits per heavy atom. The van der Waals surface area contributed by atoms with Gasteiger partial charge in [-0.05, 0) is 44.3 Å². The van der Waals surface area contributed by atoms with Gasteiger partial charge in [0.1, 0.15) is 0 Å². The molecule has 0 N–H and O–H groups in total. The van der Waals surface area contributed by atoms with Crippen molar-refractivity contribution in [3.63, 3.8) is 0 Å². The standard InChI is InChI=1S/C13H18O3/c1-2-16-12(15)13-7-4-3-5-10(13)9-11(14)6-8-13/h9H,2-8H2,1H3. The maximum atomic E-state index is 12.1. The fraction of sp³-hybridized carbons (Fsp3) is 0.692. The number of ketones is 1. The zero-order chi connectivity index (χ0) is 11.6. The molecule has 0 amide bonds. The van der Waals surface area contributed by atoms with Crippen molar-refractivity contribution in [1.29, 1.82) is 0 Å². The van der Waals surface area contributed by atoms with Crippen molar-refractivity contribution in [1.82, 2.24) is 0 Å². The summed E-state index contributed by atoms with van der Waals surface area (Å²) in [6.07, 6.45) is 6.71. The Bertz CT molecular complexity index is 343. The minimum Gasteiger partial charge on any atom is -0.465 e. The van der Waals surface area contributed by atoms with Crippen LogP contribution in [0.5, 0.6) is 0 Å². The van der Waals surface area contributed by atoms with Gasteiger partial charge >= 0.3 is 5.97 Å². The largest absolute Gasteiger partial charge is 0.465 e. The van der Waals surface area contributed by atoms with Crippen LogP contribution in [-0.2, 0) is 14.3 Å². The molecule has 0 radical (unpaired) electrons. The van der Waals surface area contributed by atoms with E-state index in [1.165, 1.54) is 0 Å². The Balaban J connectivity index is 2.30. The normalized spacial score (nSPS) is 29.3. The monoisotopic (exact) mass is 222 g/mol. The number of carbonyl (C=O) groups is 2. The lowest BCUT2D eigenvalue weighted by molar-refractivity contribution is -0.155. The Labute approximate surface area is 95.9 Å². The van der Waals surface area contributed by atoms with E-state index >= 15 is 0 Å². The van der Waals surface area contributed by atoms with E-state index < -0.39 is 5.41 Å². The number of hydrogen-bond donors (Lipinski definition) is 0. The molecule has 1 saturated carbocycles. The molecule has 3 heteroatoms. The summed E-state index contributed by atoms with van der Waals surface area (Å²) >= 11 is 0. The highest BCUT2D eigenvalue weighted by Crippen LogP contribution is 2.47. The molecule has 0 bridgehead atoms. The second-order valence-electron chi connectivity index (χ2n) is 4.65. The molecule has 2 aliphatic carbocycles. The molecule has 2 rings (SSSR count). The smallest absolute Gasteiger partial charge is 0.316 e. The number of fused-ring (bicyclic) bond motifs is 1. The quantitative estimate of drug-likeness (QED) is 0.674. The zero-order valence-corrected chi connectivity index (χ0v) is 9.75. The van der Waals surface area contributed by atoms with E-state index in [0.717, 1.165) is 31.3 Å². The van der Waals surface area contributed by atoms with Gasteiger partial charge in [0.05, 0.1) is 12.0 Å². The summed E-state index contributed by atoms with van der Waals surface area (Å²) in [6.45, 7) is 2.25. The molecule has 0 aromatic carbocycles. The Hall–Kier alpha value is -1.12. The molecule has 0 aromatic heterocycles. The van der Waals surface area contributed by atoms with E-state index in [1.54, 1.807) is 6.08 Å². The second-order valence-corrected chi connectivity index (χ2v) is 4.65. The van der Waals surface area contributed by atoms with Crippen LogP contribution < -0.4 is 0 Å². The van der Waals surface area contributed by atoms with Crippen LogP contribution in [0.1, 0.15) is 45.4 Å². The highest BCUT2D eigenvalue weighted by Gasteiger charge is 2.46. The summed E-state index contributed by atoms with van der Waals surface area (Å²) in [5.41, 5.74) is 0.566. The first-order chi connectivity index (χ1) is 7.69. The topological polar surface area (TPSA) is 43.4 Å². The van der Waals surface area contributed by atoms with Crippen molar-refractivity contribution >= 4 is 11.8 Å². The van der Waals surface area contributed by atoms with Gasteiger partial charge in [0.2, 0.25) is 0 Å². The van der Waals surface area contributed by atoms with Gasteiger partial charge in [-0.25, -0.2) is 0 Å². The molecule has 0 aliphatic heterocycles. The first kappa shape index (κ1) is 11.4. The van der Waals surface area contributed by atoms with Crippen LogP contribution in [0, 0.1) is 5.41 Å². The van der Waals surface area contributed by atoms with Gasteiger partial charge in [0, 0.05) is 6.42 Å². The molecule has 1 fully saturated rings. The maximum absolute atomic E-state index is 12.1. The lowest BCUT2D eigenvalue weighted by atomic mass is 9.64. The zero-order valence-electron chi connectivity index (χ0n) is 9.75. The third kappa shape index (κ3) is 1.79. The Morgan fingerprint density at radius 3 is 2.94 bits per heavy atom. The minimum atomic E-state index is -0.456. The third-order valence-electron chi connectivity index (χ3n) is 3.71. The van der Waals surface area contributed by atoms with Gasteiger partial charge in [0.15, 0.2) is 5.78 Å². The number of carbonyl (C=O) groups excluding carboxylic acids is 2. The number of allylic oxidation sites excluding steroid dienone is 1. The van der Waals surface area contributed by atoms with Gasteiger partial charge in [-0.15, -0.1) is 0 Å². The second kappa shape index (κ2) is 4.40. The molecule has 3 nitrogen and oxygen atoms in total. The van der Waals surface area contributed by atoms with Crippen LogP contribution in [0.2, 0.25) is 0 Å². The molecule has 0 spiro atoms. The molecule has 2 aliphatic rings. The molecule has 0 heterocycles. The predicted molar refractivity (Wildman–Crippen MR) is 59.9 cm³/mol. The van der Waals surface area contributed by atoms with E-state index in [9.17, 15) is 9.59 Å². The first-order valence-electron chi connectivity index (χ1n) is 6.10. The summed E-state index contributed by atoms with van der Waals surface area (Å²) in [4.78, 5) is 23.5. The van der Waals surface area contributed by atoms with E-state index in [1.807, 2.05) is 6.92 Å². The van der Waals surface area contributed by atoms with Gasteiger partial charge in [0.25, 0.3) is 0 Å². The lowest BCUT2D eigenvalue weighted by Crippen LogP contribution is -2.40. The molecule has 0 saturated heterocycles. The number of rotatable bonds is 2. The summed E-state index contributed by atoms with van der Waals surface area (Å²) in [5.74, 6) is 0.0465. The van der Waals surface area contributed by atoms with Gasteiger partial charge < -0.3 is 4.74 Å². The SMILES string of the molecule is CCOC(=O)C12CCCCC1=CC(=O)CC2. The van der Waals surface area contributed by atoms with Gasteiger partial charge in [-0.3, -0.25) is 9.59 Å². The average molecular weight is 222 g/mol. The van der Waals surface area contributed by atoms with Crippen molar-refractivity contribution in [3.8, 4) is 0 Å². The number of esters is 1. The van der Waals surface area contributed by atoms with E-state index in [0.29, 0.717) is 19.4 Å². The molecule has 1 atom stereocenters. The van der Waals surface area contributed by atoms with Crippen molar-refractivity contribution in [2.24, 2.45) is 5.41 Å². The van der Waals surface area contributed by atoms with E-state index in [2.05, 4.69) is 0 Å². The van der Waals surface area contributed by atoms with Crippen LogP contribution in [0.3, 0.4) is 0 Å². The number of ether oxygens (including phenoxy) is 1. The summed E-state index contributed by atoms with van der Waals surface area (Å²) in [7, 11) is 0. The van der Waals surface area contributed by atoms with Gasteiger partial charge in [-0.1, -0.05) is 6.42 Å². The van der Waals surface area contributed by atoms with Crippen molar-refractivity contribution in [2.75, 3.05) is 6.61 Å². The lowest BCUT2D eigenvalue weighted by Gasteiger charge is -2.39. The summed E-state index contributed by atoms with van der Waals surface area (Å²) < 4.78 is 5.19. The van der Waals surface area contributed by atoms with Gasteiger partial charge in [-0.2, -0.15) is 0 Å². The predicted octanol–water partition coefficient (Wildman–Crippen LogP) is 2.40. The van der Waals surface area contributed by atoms with Crippen molar-refractivity contribution in [3.05, 3.63) is 11.6 Å². The average Bonchev–Trinajstić information content (AvgIpc) is 2.29. The fourth-order valence-electron chi connectivity index (χ4n) is 2.85. The molecular formula is C13H18O3. The minimum absolute atomic E-state index is 0.117. The molecular weight excluding hydrogens is 204 g/mol. The summed E-state index contributed by atoms with van der Waals surface area (Å²) in [6, 6.07) is 0. The van der Waals surface area contributed by atoms with Crippen LogP contribution in [0.25, 0.3) is 0 Å². The molecule has 0 aromatic rings.